The zero-order valence-corrected chi connectivity index (χ0v) is 8.26. The smallest absolute Gasteiger partial charge is 0.256 e. The Morgan fingerprint density at radius 3 is 2.00 bits per heavy atom. The molecular weight excluding hydrogens is 174 g/mol. The molecule has 0 atom stereocenters. The SMILES string of the molecule is CC(C)N1CCC(N)(C(F)F)CC1. The predicted molar refractivity (Wildman–Crippen MR) is 48.9 cm³/mol. The molecule has 1 aliphatic rings. The molecule has 0 saturated carbocycles. The van der Waals surface area contributed by atoms with Crippen molar-refractivity contribution in [2.45, 2.75) is 44.7 Å². The molecule has 78 valence electrons. The fourth-order valence-corrected chi connectivity index (χ4v) is 1.67. The first-order valence-corrected chi connectivity index (χ1v) is 4.77. The van der Waals surface area contributed by atoms with Crippen LogP contribution in [0.3, 0.4) is 0 Å². The average molecular weight is 192 g/mol. The maximum absolute atomic E-state index is 12.5. The second kappa shape index (κ2) is 3.88. The molecule has 0 unspecified atom stereocenters. The minimum Gasteiger partial charge on any atom is -0.320 e. The number of halogens is 2. The molecule has 0 spiro atoms. The van der Waals surface area contributed by atoms with Gasteiger partial charge in [-0.15, -0.1) is 0 Å². The highest BCUT2D eigenvalue weighted by Gasteiger charge is 2.39. The summed E-state index contributed by atoms with van der Waals surface area (Å²) in [6.45, 7) is 5.54. The number of nitrogens with two attached hydrogens (primary N) is 1. The zero-order valence-electron chi connectivity index (χ0n) is 8.26. The maximum Gasteiger partial charge on any atom is 0.256 e. The van der Waals surface area contributed by atoms with Gasteiger partial charge in [0.1, 0.15) is 0 Å². The molecule has 1 saturated heterocycles. The normalized spacial score (nSPS) is 24.2. The van der Waals surface area contributed by atoms with Gasteiger partial charge in [-0.1, -0.05) is 0 Å². The molecule has 0 amide bonds. The van der Waals surface area contributed by atoms with Crippen molar-refractivity contribution in [3.05, 3.63) is 0 Å². The van der Waals surface area contributed by atoms with Crippen molar-refractivity contribution >= 4 is 0 Å². The van der Waals surface area contributed by atoms with E-state index in [2.05, 4.69) is 18.7 Å². The molecule has 1 heterocycles. The average Bonchev–Trinajstić information content (AvgIpc) is 2.04. The van der Waals surface area contributed by atoms with Crippen molar-refractivity contribution in [2.24, 2.45) is 5.73 Å². The van der Waals surface area contributed by atoms with Crippen molar-refractivity contribution in [2.75, 3.05) is 13.1 Å². The molecule has 13 heavy (non-hydrogen) atoms. The van der Waals surface area contributed by atoms with Gasteiger partial charge in [0.25, 0.3) is 6.43 Å². The van der Waals surface area contributed by atoms with Crippen LogP contribution in [0.15, 0.2) is 0 Å². The van der Waals surface area contributed by atoms with Gasteiger partial charge in [-0.2, -0.15) is 0 Å². The van der Waals surface area contributed by atoms with Crippen LogP contribution in [0.5, 0.6) is 0 Å². The molecule has 1 fully saturated rings. The highest BCUT2D eigenvalue weighted by Crippen LogP contribution is 2.26. The summed E-state index contributed by atoms with van der Waals surface area (Å²) < 4.78 is 25.0. The van der Waals surface area contributed by atoms with Crippen molar-refractivity contribution in [3.8, 4) is 0 Å². The molecule has 0 aromatic heterocycles. The highest BCUT2D eigenvalue weighted by atomic mass is 19.3. The van der Waals surface area contributed by atoms with Gasteiger partial charge >= 0.3 is 0 Å². The lowest BCUT2D eigenvalue weighted by Gasteiger charge is -2.40. The summed E-state index contributed by atoms with van der Waals surface area (Å²) in [7, 11) is 0. The lowest BCUT2D eigenvalue weighted by molar-refractivity contribution is 0.00597. The van der Waals surface area contributed by atoms with E-state index in [1.165, 1.54) is 0 Å². The third-order valence-corrected chi connectivity index (χ3v) is 2.89. The van der Waals surface area contributed by atoms with Crippen LogP contribution in [0.1, 0.15) is 26.7 Å². The van der Waals surface area contributed by atoms with E-state index in [0.717, 1.165) is 0 Å². The first-order chi connectivity index (χ1) is 5.96. The van der Waals surface area contributed by atoms with E-state index in [4.69, 9.17) is 5.73 Å². The fraction of sp³-hybridized carbons (Fsp3) is 1.00. The van der Waals surface area contributed by atoms with Gasteiger partial charge in [0.15, 0.2) is 0 Å². The van der Waals surface area contributed by atoms with Gasteiger partial charge in [0.05, 0.1) is 5.54 Å². The molecule has 0 aromatic rings. The Labute approximate surface area is 78.1 Å². The van der Waals surface area contributed by atoms with Crippen molar-refractivity contribution in [1.82, 2.24) is 4.90 Å². The van der Waals surface area contributed by atoms with Crippen LogP contribution in [-0.4, -0.2) is 36.0 Å². The van der Waals surface area contributed by atoms with E-state index in [1.54, 1.807) is 0 Å². The largest absolute Gasteiger partial charge is 0.320 e. The third-order valence-electron chi connectivity index (χ3n) is 2.89. The Hall–Kier alpha value is -0.220. The number of alkyl halides is 2. The zero-order chi connectivity index (χ0) is 10.1. The Morgan fingerprint density at radius 2 is 1.69 bits per heavy atom. The quantitative estimate of drug-likeness (QED) is 0.717. The summed E-state index contributed by atoms with van der Waals surface area (Å²) in [6, 6.07) is 0.433. The molecule has 4 heteroatoms. The monoisotopic (exact) mass is 192 g/mol. The van der Waals surface area contributed by atoms with E-state index in [0.29, 0.717) is 32.0 Å². The second-order valence-electron chi connectivity index (χ2n) is 4.16. The Morgan fingerprint density at radius 1 is 1.23 bits per heavy atom. The van der Waals surface area contributed by atoms with Gasteiger partial charge < -0.3 is 10.6 Å². The first-order valence-electron chi connectivity index (χ1n) is 4.77. The summed E-state index contributed by atoms with van der Waals surface area (Å²) in [5, 5.41) is 0. The van der Waals surface area contributed by atoms with Gasteiger partial charge in [0.2, 0.25) is 0 Å². The topological polar surface area (TPSA) is 29.3 Å². The Kier molecular flexibility index (Phi) is 3.24. The van der Waals surface area contributed by atoms with Gasteiger partial charge in [-0.05, 0) is 26.7 Å². The number of hydrogen-bond acceptors (Lipinski definition) is 2. The summed E-state index contributed by atoms with van der Waals surface area (Å²) in [6.07, 6.45) is -1.58. The fourth-order valence-electron chi connectivity index (χ4n) is 1.67. The molecule has 1 aliphatic heterocycles. The maximum atomic E-state index is 12.5. The summed E-state index contributed by atoms with van der Waals surface area (Å²) >= 11 is 0. The molecule has 1 rings (SSSR count). The summed E-state index contributed by atoms with van der Waals surface area (Å²) in [4.78, 5) is 2.19. The van der Waals surface area contributed by atoms with Gasteiger partial charge in [0, 0.05) is 19.1 Å². The Bertz CT molecular complexity index is 163. The standard InChI is InChI=1S/C9H18F2N2/c1-7(2)13-5-3-9(12,4-6-13)8(10)11/h7-8H,3-6,12H2,1-2H3. The summed E-state index contributed by atoms with van der Waals surface area (Å²) in [5.74, 6) is 0. The van der Waals surface area contributed by atoms with E-state index < -0.39 is 12.0 Å². The van der Waals surface area contributed by atoms with Crippen LogP contribution in [0.2, 0.25) is 0 Å². The van der Waals surface area contributed by atoms with Crippen LogP contribution in [0.4, 0.5) is 8.78 Å². The van der Waals surface area contributed by atoms with E-state index in [-0.39, 0.29) is 0 Å². The third kappa shape index (κ3) is 2.38. The lowest BCUT2D eigenvalue weighted by Crippen LogP contribution is -2.56. The van der Waals surface area contributed by atoms with Crippen LogP contribution in [-0.2, 0) is 0 Å². The van der Waals surface area contributed by atoms with Crippen LogP contribution < -0.4 is 5.73 Å². The predicted octanol–water partition coefficient (Wildman–Crippen LogP) is 1.45. The molecule has 2 nitrogen and oxygen atoms in total. The molecule has 0 bridgehead atoms. The molecule has 0 aliphatic carbocycles. The number of piperidine rings is 1. The second-order valence-corrected chi connectivity index (χ2v) is 4.16. The van der Waals surface area contributed by atoms with E-state index >= 15 is 0 Å². The van der Waals surface area contributed by atoms with Crippen LogP contribution in [0, 0.1) is 0 Å². The minimum absolute atomic E-state index is 0.406. The molecule has 0 aromatic carbocycles. The molecule has 0 radical (unpaired) electrons. The number of likely N-dealkylation sites (tertiary alicyclic amines) is 1. The summed E-state index contributed by atoms with van der Waals surface area (Å²) in [5.41, 5.74) is 4.36. The number of nitrogens with zero attached hydrogens (tertiary/aromatic N) is 1. The van der Waals surface area contributed by atoms with Gasteiger partial charge in [-0.25, -0.2) is 8.78 Å². The van der Waals surface area contributed by atoms with Gasteiger partial charge in [-0.3, -0.25) is 0 Å². The van der Waals surface area contributed by atoms with E-state index in [1.807, 2.05) is 0 Å². The number of rotatable bonds is 2. The van der Waals surface area contributed by atoms with Crippen molar-refractivity contribution in [1.29, 1.82) is 0 Å². The highest BCUT2D eigenvalue weighted by molar-refractivity contribution is 4.92. The first kappa shape index (κ1) is 10.9. The van der Waals surface area contributed by atoms with E-state index in [9.17, 15) is 8.78 Å². The van der Waals surface area contributed by atoms with Crippen LogP contribution in [0.25, 0.3) is 0 Å². The Balaban J connectivity index is 2.47. The minimum atomic E-state index is -2.39. The number of hydrogen-bond donors (Lipinski definition) is 1. The van der Waals surface area contributed by atoms with Crippen LogP contribution >= 0.6 is 0 Å². The van der Waals surface area contributed by atoms with Crippen molar-refractivity contribution < 1.29 is 8.78 Å². The van der Waals surface area contributed by atoms with Crippen molar-refractivity contribution in [3.63, 3.8) is 0 Å². The molecule has 2 N–H and O–H groups in total. The lowest BCUT2D eigenvalue weighted by atomic mass is 9.88. The molecular formula is C9H18F2N2.